The van der Waals surface area contributed by atoms with Gasteiger partial charge in [-0.2, -0.15) is 0 Å². The number of para-hydroxylation sites is 1. The van der Waals surface area contributed by atoms with Crippen LogP contribution in [0.4, 0.5) is 0 Å². The van der Waals surface area contributed by atoms with Gasteiger partial charge >= 0.3 is 5.97 Å². The Labute approximate surface area is 185 Å². The predicted molar refractivity (Wildman–Crippen MR) is 122 cm³/mol. The zero-order valence-electron chi connectivity index (χ0n) is 17.6. The SMILES string of the molecule is Cc1ccc(C)c(OC(=O)CSc2nnc(-c3cccnc3)n2-c2ccccc2)c1C. The van der Waals surface area contributed by atoms with Crippen LogP contribution in [0.3, 0.4) is 0 Å². The molecule has 0 bridgehead atoms. The molecule has 156 valence electrons. The number of thioether (sulfide) groups is 1. The van der Waals surface area contributed by atoms with Gasteiger partial charge in [-0.1, -0.05) is 42.1 Å². The van der Waals surface area contributed by atoms with Crippen LogP contribution in [0.1, 0.15) is 16.7 Å². The van der Waals surface area contributed by atoms with Crippen molar-refractivity contribution in [1.29, 1.82) is 0 Å². The summed E-state index contributed by atoms with van der Waals surface area (Å²) in [6.07, 6.45) is 3.46. The van der Waals surface area contributed by atoms with Crippen LogP contribution in [0.15, 0.2) is 72.1 Å². The number of aromatic nitrogens is 4. The molecular weight excluding hydrogens is 408 g/mol. The van der Waals surface area contributed by atoms with E-state index in [1.54, 1.807) is 12.4 Å². The summed E-state index contributed by atoms with van der Waals surface area (Å²) >= 11 is 1.30. The van der Waals surface area contributed by atoms with Crippen LogP contribution < -0.4 is 4.74 Å². The van der Waals surface area contributed by atoms with Gasteiger partial charge in [0.05, 0.1) is 5.75 Å². The maximum atomic E-state index is 12.6. The highest BCUT2D eigenvalue weighted by molar-refractivity contribution is 7.99. The maximum Gasteiger partial charge on any atom is 0.321 e. The molecule has 0 radical (unpaired) electrons. The Balaban J connectivity index is 1.59. The van der Waals surface area contributed by atoms with Gasteiger partial charge in [0.2, 0.25) is 0 Å². The number of benzene rings is 2. The quantitative estimate of drug-likeness (QED) is 0.245. The molecule has 2 aromatic carbocycles. The molecule has 4 rings (SSSR count). The third kappa shape index (κ3) is 4.51. The van der Waals surface area contributed by atoms with Crippen LogP contribution in [-0.4, -0.2) is 31.5 Å². The second kappa shape index (κ2) is 9.14. The molecule has 4 aromatic rings. The fourth-order valence-corrected chi connectivity index (χ4v) is 3.93. The minimum absolute atomic E-state index is 0.116. The van der Waals surface area contributed by atoms with Gasteiger partial charge in [-0.3, -0.25) is 14.3 Å². The van der Waals surface area contributed by atoms with Crippen LogP contribution >= 0.6 is 11.8 Å². The Bertz CT molecular complexity index is 1210. The predicted octanol–water partition coefficient (Wildman–Crippen LogP) is 4.95. The number of esters is 1. The van der Waals surface area contributed by atoms with E-state index < -0.39 is 0 Å². The Morgan fingerprint density at radius 3 is 2.48 bits per heavy atom. The van der Waals surface area contributed by atoms with Gasteiger partial charge in [-0.05, 0) is 61.7 Å². The summed E-state index contributed by atoms with van der Waals surface area (Å²) in [7, 11) is 0. The van der Waals surface area contributed by atoms with Gasteiger partial charge < -0.3 is 4.74 Å². The fourth-order valence-electron chi connectivity index (χ4n) is 3.20. The van der Waals surface area contributed by atoms with E-state index in [1.165, 1.54) is 11.8 Å². The lowest BCUT2D eigenvalue weighted by Gasteiger charge is -2.13. The summed E-state index contributed by atoms with van der Waals surface area (Å²) in [5.41, 5.74) is 4.76. The van der Waals surface area contributed by atoms with Gasteiger partial charge in [0.1, 0.15) is 5.75 Å². The molecule has 0 spiro atoms. The van der Waals surface area contributed by atoms with E-state index in [0.29, 0.717) is 16.7 Å². The van der Waals surface area contributed by atoms with Crippen molar-refractivity contribution in [2.75, 3.05) is 5.75 Å². The zero-order valence-corrected chi connectivity index (χ0v) is 18.4. The molecule has 0 aliphatic rings. The normalized spacial score (nSPS) is 10.8. The van der Waals surface area contributed by atoms with Crippen LogP contribution in [0.25, 0.3) is 17.1 Å². The van der Waals surface area contributed by atoms with Gasteiger partial charge in [0.25, 0.3) is 0 Å². The highest BCUT2D eigenvalue weighted by atomic mass is 32.2. The number of ether oxygens (including phenoxy) is 1. The molecule has 2 aromatic heterocycles. The summed E-state index contributed by atoms with van der Waals surface area (Å²) in [6, 6.07) is 17.6. The molecule has 0 amide bonds. The monoisotopic (exact) mass is 430 g/mol. The van der Waals surface area contributed by atoms with Crippen molar-refractivity contribution in [3.8, 4) is 22.8 Å². The van der Waals surface area contributed by atoms with Crippen LogP contribution in [0, 0.1) is 20.8 Å². The fraction of sp³-hybridized carbons (Fsp3) is 0.167. The topological polar surface area (TPSA) is 69.9 Å². The molecule has 0 unspecified atom stereocenters. The second-order valence-electron chi connectivity index (χ2n) is 7.14. The van der Waals surface area contributed by atoms with Crippen LogP contribution in [0.2, 0.25) is 0 Å². The number of carbonyl (C=O) groups excluding carboxylic acids is 1. The van der Waals surface area contributed by atoms with Crippen LogP contribution in [0.5, 0.6) is 5.75 Å². The van der Waals surface area contributed by atoms with E-state index in [2.05, 4.69) is 15.2 Å². The van der Waals surface area contributed by atoms with Crippen molar-refractivity contribution in [2.24, 2.45) is 0 Å². The Hall–Kier alpha value is -3.45. The van der Waals surface area contributed by atoms with Crippen molar-refractivity contribution in [2.45, 2.75) is 25.9 Å². The smallest absolute Gasteiger partial charge is 0.321 e. The summed E-state index contributed by atoms with van der Waals surface area (Å²) < 4.78 is 7.62. The highest BCUT2D eigenvalue weighted by Gasteiger charge is 2.18. The average Bonchev–Trinajstić information content (AvgIpc) is 3.23. The van der Waals surface area contributed by atoms with Gasteiger partial charge in [0.15, 0.2) is 11.0 Å². The minimum atomic E-state index is -0.327. The molecule has 0 fully saturated rings. The van der Waals surface area contributed by atoms with E-state index in [4.69, 9.17) is 4.74 Å². The molecule has 0 aliphatic heterocycles. The minimum Gasteiger partial charge on any atom is -0.425 e. The lowest BCUT2D eigenvalue weighted by molar-refractivity contribution is -0.131. The maximum absolute atomic E-state index is 12.6. The standard InChI is InChI=1S/C24H22N4O2S/c1-16-11-12-17(2)22(18(16)3)30-21(29)15-31-24-27-26-23(19-8-7-13-25-14-19)28(24)20-9-5-4-6-10-20/h4-14H,15H2,1-3H3. The number of nitrogens with zero attached hydrogens (tertiary/aromatic N) is 4. The summed E-state index contributed by atoms with van der Waals surface area (Å²) in [6.45, 7) is 5.90. The lowest BCUT2D eigenvalue weighted by atomic mass is 10.1. The number of hydrogen-bond donors (Lipinski definition) is 0. The Morgan fingerprint density at radius 2 is 1.74 bits per heavy atom. The molecular formula is C24H22N4O2S. The molecule has 0 saturated carbocycles. The van der Waals surface area contributed by atoms with E-state index in [1.807, 2.05) is 79.9 Å². The van der Waals surface area contributed by atoms with Crippen molar-refractivity contribution >= 4 is 17.7 Å². The molecule has 2 heterocycles. The van der Waals surface area contributed by atoms with E-state index in [0.717, 1.165) is 27.9 Å². The Kier molecular flexibility index (Phi) is 6.13. The third-order valence-corrected chi connectivity index (χ3v) is 5.88. The third-order valence-electron chi connectivity index (χ3n) is 4.98. The summed E-state index contributed by atoms with van der Waals surface area (Å²) in [5, 5.41) is 9.31. The average molecular weight is 431 g/mol. The van der Waals surface area contributed by atoms with Crippen molar-refractivity contribution in [3.63, 3.8) is 0 Å². The molecule has 0 N–H and O–H groups in total. The van der Waals surface area contributed by atoms with Gasteiger partial charge in [-0.15, -0.1) is 10.2 Å². The molecule has 0 saturated heterocycles. The van der Waals surface area contributed by atoms with E-state index in [9.17, 15) is 4.79 Å². The first-order valence-electron chi connectivity index (χ1n) is 9.86. The summed E-state index contributed by atoms with van der Waals surface area (Å²) in [5.74, 6) is 1.09. The van der Waals surface area contributed by atoms with E-state index in [-0.39, 0.29) is 11.7 Å². The summed E-state index contributed by atoms with van der Waals surface area (Å²) in [4.78, 5) is 16.8. The highest BCUT2D eigenvalue weighted by Crippen LogP contribution is 2.29. The van der Waals surface area contributed by atoms with E-state index >= 15 is 0 Å². The molecule has 31 heavy (non-hydrogen) atoms. The Morgan fingerprint density at radius 1 is 0.968 bits per heavy atom. The largest absolute Gasteiger partial charge is 0.425 e. The number of rotatable bonds is 6. The molecule has 0 atom stereocenters. The van der Waals surface area contributed by atoms with Crippen LogP contribution in [-0.2, 0) is 4.79 Å². The number of pyridine rings is 1. The van der Waals surface area contributed by atoms with Gasteiger partial charge in [0, 0.05) is 23.6 Å². The molecule has 0 aliphatic carbocycles. The second-order valence-corrected chi connectivity index (χ2v) is 8.08. The first-order chi connectivity index (χ1) is 15.0. The van der Waals surface area contributed by atoms with Gasteiger partial charge in [-0.25, -0.2) is 0 Å². The lowest BCUT2D eigenvalue weighted by Crippen LogP contribution is -2.13. The molecule has 6 nitrogen and oxygen atoms in total. The number of carbonyl (C=O) groups is 1. The zero-order chi connectivity index (χ0) is 21.8. The number of hydrogen-bond acceptors (Lipinski definition) is 6. The first kappa shape index (κ1) is 20.8. The van der Waals surface area contributed by atoms with Crippen molar-refractivity contribution in [3.05, 3.63) is 83.7 Å². The molecule has 7 heteroatoms. The van der Waals surface area contributed by atoms with Crippen molar-refractivity contribution < 1.29 is 9.53 Å². The first-order valence-corrected chi connectivity index (χ1v) is 10.8. The van der Waals surface area contributed by atoms with Crippen molar-refractivity contribution in [1.82, 2.24) is 19.7 Å². The number of aryl methyl sites for hydroxylation is 2.